The van der Waals surface area contributed by atoms with E-state index in [4.69, 9.17) is 4.42 Å². The van der Waals surface area contributed by atoms with Crippen LogP contribution >= 0.6 is 0 Å². The molecule has 1 fully saturated rings. The predicted molar refractivity (Wildman–Crippen MR) is 114 cm³/mol. The van der Waals surface area contributed by atoms with Crippen molar-refractivity contribution < 1.29 is 22.4 Å². The molecule has 1 aliphatic carbocycles. The molecule has 6 nitrogen and oxygen atoms in total. The number of nitrogens with one attached hydrogen (secondary N) is 2. The van der Waals surface area contributed by atoms with Crippen molar-refractivity contribution >= 4 is 17.4 Å². The lowest BCUT2D eigenvalue weighted by Crippen LogP contribution is -2.23. The monoisotopic (exact) mass is 442 g/mol. The number of pyridine rings is 1. The van der Waals surface area contributed by atoms with Gasteiger partial charge in [-0.25, -0.2) is 9.97 Å². The maximum Gasteiger partial charge on any atom is 0.452 e. The first-order valence-electron chi connectivity index (χ1n) is 10.1. The zero-order chi connectivity index (χ0) is 22.7. The van der Waals surface area contributed by atoms with Gasteiger partial charge in [0, 0.05) is 11.6 Å². The van der Waals surface area contributed by atoms with Crippen LogP contribution in [-0.2, 0) is 6.18 Å². The molecule has 1 aromatic carbocycles. The maximum absolute atomic E-state index is 13.4. The molecule has 166 valence electrons. The second-order valence-corrected chi connectivity index (χ2v) is 7.63. The standard InChI is InChI=1S/C23H21F3N4O2/c1-14-6-5-9-16(12-14)28-18-11-10-17(13-27-18)29-21(31)19-20(23(24,25)26)32-22(30-19)15-7-3-2-4-8-15/h2-4,7-8,10-11,13,16H,1,5-6,9,12H2,(H,27,28)(H,29,31). The number of aromatic nitrogens is 2. The fourth-order valence-electron chi connectivity index (χ4n) is 3.60. The minimum atomic E-state index is -4.87. The van der Waals surface area contributed by atoms with Crippen molar-refractivity contribution in [2.75, 3.05) is 10.6 Å². The summed E-state index contributed by atoms with van der Waals surface area (Å²) in [5, 5.41) is 5.72. The molecule has 1 atom stereocenters. The molecule has 1 saturated carbocycles. The molecule has 1 aliphatic rings. The van der Waals surface area contributed by atoms with E-state index in [1.165, 1.54) is 11.8 Å². The average Bonchev–Trinajstić information content (AvgIpc) is 3.22. The highest BCUT2D eigenvalue weighted by molar-refractivity contribution is 6.04. The molecule has 0 aliphatic heterocycles. The quantitative estimate of drug-likeness (QED) is 0.480. The van der Waals surface area contributed by atoms with E-state index in [-0.39, 0.29) is 17.6 Å². The molecule has 1 unspecified atom stereocenters. The summed E-state index contributed by atoms with van der Waals surface area (Å²) in [4.78, 5) is 20.6. The molecule has 2 heterocycles. The summed E-state index contributed by atoms with van der Waals surface area (Å²) in [6.45, 7) is 4.03. The van der Waals surface area contributed by atoms with E-state index < -0.39 is 23.5 Å². The van der Waals surface area contributed by atoms with Crippen molar-refractivity contribution in [2.24, 2.45) is 0 Å². The number of anilines is 2. The van der Waals surface area contributed by atoms with Gasteiger partial charge in [-0.1, -0.05) is 30.4 Å². The predicted octanol–water partition coefficient (Wildman–Crippen LogP) is 5.92. The van der Waals surface area contributed by atoms with Crippen molar-refractivity contribution in [2.45, 2.75) is 37.9 Å². The van der Waals surface area contributed by atoms with E-state index in [9.17, 15) is 18.0 Å². The molecule has 4 rings (SSSR count). The summed E-state index contributed by atoms with van der Waals surface area (Å²) < 4.78 is 45.2. The summed E-state index contributed by atoms with van der Waals surface area (Å²) in [6.07, 6.45) is 0.483. The lowest BCUT2D eigenvalue weighted by atomic mass is 9.92. The summed E-state index contributed by atoms with van der Waals surface area (Å²) in [5.74, 6) is -2.15. The summed E-state index contributed by atoms with van der Waals surface area (Å²) in [6, 6.07) is 11.5. The highest BCUT2D eigenvalue weighted by Gasteiger charge is 2.42. The first-order chi connectivity index (χ1) is 15.3. The van der Waals surface area contributed by atoms with Crippen molar-refractivity contribution in [3.8, 4) is 11.5 Å². The van der Waals surface area contributed by atoms with Gasteiger partial charge in [-0.2, -0.15) is 13.2 Å². The van der Waals surface area contributed by atoms with Crippen LogP contribution in [0.3, 0.4) is 0 Å². The number of nitrogens with zero attached hydrogens (tertiary/aromatic N) is 2. The number of benzene rings is 1. The van der Waals surface area contributed by atoms with Gasteiger partial charge in [0.15, 0.2) is 5.69 Å². The minimum absolute atomic E-state index is 0.241. The Morgan fingerprint density at radius 3 is 2.59 bits per heavy atom. The smallest absolute Gasteiger partial charge is 0.431 e. The van der Waals surface area contributed by atoms with E-state index in [1.807, 2.05) is 0 Å². The molecular formula is C23H21F3N4O2. The minimum Gasteiger partial charge on any atom is -0.431 e. The SMILES string of the molecule is C=C1CCCC(Nc2ccc(NC(=O)c3nc(-c4ccccc4)oc3C(F)(F)F)cn2)C1. The Kier molecular flexibility index (Phi) is 5.98. The van der Waals surface area contributed by atoms with E-state index in [1.54, 1.807) is 42.5 Å². The molecule has 1 amide bonds. The third-order valence-corrected chi connectivity index (χ3v) is 5.11. The van der Waals surface area contributed by atoms with Gasteiger partial charge in [0.05, 0.1) is 11.9 Å². The molecule has 0 saturated heterocycles. The molecular weight excluding hydrogens is 421 g/mol. The van der Waals surface area contributed by atoms with E-state index in [0.29, 0.717) is 11.4 Å². The van der Waals surface area contributed by atoms with Gasteiger partial charge < -0.3 is 15.1 Å². The van der Waals surface area contributed by atoms with Crippen LogP contribution in [-0.4, -0.2) is 21.9 Å². The third-order valence-electron chi connectivity index (χ3n) is 5.11. The van der Waals surface area contributed by atoms with Gasteiger partial charge in [-0.3, -0.25) is 4.79 Å². The first kappa shape index (κ1) is 21.6. The van der Waals surface area contributed by atoms with E-state index in [2.05, 4.69) is 27.2 Å². The van der Waals surface area contributed by atoms with Crippen molar-refractivity contribution in [3.63, 3.8) is 0 Å². The summed E-state index contributed by atoms with van der Waals surface area (Å²) in [5.41, 5.74) is 0.936. The topological polar surface area (TPSA) is 80.0 Å². The third kappa shape index (κ3) is 4.99. The van der Waals surface area contributed by atoms with Gasteiger partial charge in [0.1, 0.15) is 5.82 Å². The van der Waals surface area contributed by atoms with Crippen LogP contribution in [0.4, 0.5) is 24.7 Å². The lowest BCUT2D eigenvalue weighted by Gasteiger charge is -2.25. The number of halogens is 3. The number of carbonyl (C=O) groups excluding carboxylic acids is 1. The molecule has 32 heavy (non-hydrogen) atoms. The highest BCUT2D eigenvalue weighted by Crippen LogP contribution is 2.35. The zero-order valence-electron chi connectivity index (χ0n) is 17.1. The largest absolute Gasteiger partial charge is 0.452 e. The fourth-order valence-corrected chi connectivity index (χ4v) is 3.60. The molecule has 3 aromatic rings. The van der Waals surface area contributed by atoms with Gasteiger partial charge in [-0.05, 0) is 49.9 Å². The molecule has 2 aromatic heterocycles. The van der Waals surface area contributed by atoms with Crippen LogP contribution in [0, 0.1) is 0 Å². The second kappa shape index (κ2) is 8.86. The molecule has 0 bridgehead atoms. The second-order valence-electron chi connectivity index (χ2n) is 7.63. The Bertz CT molecular complexity index is 1110. The molecule has 2 N–H and O–H groups in total. The van der Waals surface area contributed by atoms with Gasteiger partial charge in [0.25, 0.3) is 5.91 Å². The lowest BCUT2D eigenvalue weighted by molar-refractivity contribution is -0.153. The van der Waals surface area contributed by atoms with Crippen LogP contribution in [0.5, 0.6) is 0 Å². The summed E-state index contributed by atoms with van der Waals surface area (Å²) >= 11 is 0. The van der Waals surface area contributed by atoms with E-state index in [0.717, 1.165) is 25.7 Å². The molecule has 0 spiro atoms. The van der Waals surface area contributed by atoms with E-state index >= 15 is 0 Å². The highest BCUT2D eigenvalue weighted by atomic mass is 19.4. The Hall–Kier alpha value is -3.62. The van der Waals surface area contributed by atoms with Gasteiger partial charge in [-0.15, -0.1) is 0 Å². The summed E-state index contributed by atoms with van der Waals surface area (Å²) in [7, 11) is 0. The number of alkyl halides is 3. The average molecular weight is 442 g/mol. The van der Waals surface area contributed by atoms with Crippen molar-refractivity contribution in [3.05, 3.63) is 72.3 Å². The Morgan fingerprint density at radius 1 is 1.16 bits per heavy atom. The van der Waals surface area contributed by atoms with Gasteiger partial charge >= 0.3 is 6.18 Å². The van der Waals surface area contributed by atoms with Crippen LogP contribution < -0.4 is 10.6 Å². The first-order valence-corrected chi connectivity index (χ1v) is 10.1. The Labute approximate surface area is 182 Å². The number of hydrogen-bond donors (Lipinski definition) is 2. The van der Waals surface area contributed by atoms with Gasteiger partial charge in [0.2, 0.25) is 11.7 Å². The number of oxazole rings is 1. The normalized spacial score (nSPS) is 16.6. The fraction of sp³-hybridized carbons (Fsp3) is 0.261. The van der Waals surface area contributed by atoms with Crippen LogP contribution in [0.25, 0.3) is 11.5 Å². The van der Waals surface area contributed by atoms with Crippen LogP contribution in [0.15, 0.2) is 65.2 Å². The number of rotatable bonds is 5. The maximum atomic E-state index is 13.4. The van der Waals surface area contributed by atoms with Crippen LogP contribution in [0.1, 0.15) is 41.9 Å². The molecule has 9 heteroatoms. The Balaban J connectivity index is 1.49. The number of carbonyl (C=O) groups is 1. The number of amides is 1. The zero-order valence-corrected chi connectivity index (χ0v) is 17.1. The van der Waals surface area contributed by atoms with Crippen LogP contribution in [0.2, 0.25) is 0 Å². The molecule has 0 radical (unpaired) electrons. The van der Waals surface area contributed by atoms with Crippen molar-refractivity contribution in [1.29, 1.82) is 0 Å². The Morgan fingerprint density at radius 2 is 1.94 bits per heavy atom. The van der Waals surface area contributed by atoms with Crippen molar-refractivity contribution in [1.82, 2.24) is 9.97 Å². The number of hydrogen-bond acceptors (Lipinski definition) is 5.